The monoisotopic (exact) mass is 433 g/mol. The van der Waals surface area contributed by atoms with Crippen LogP contribution >= 0.6 is 0 Å². The highest BCUT2D eigenvalue weighted by molar-refractivity contribution is 5.88. The molecule has 2 saturated heterocycles. The largest absolute Gasteiger partial charge is 0.381 e. The van der Waals surface area contributed by atoms with E-state index in [0.29, 0.717) is 23.8 Å². The first-order valence-corrected chi connectivity index (χ1v) is 11.9. The first-order chi connectivity index (χ1) is 15.7. The zero-order valence-electron chi connectivity index (χ0n) is 18.1. The number of rotatable bonds is 4. The second-order valence-electron chi connectivity index (χ2n) is 10.0. The van der Waals surface area contributed by atoms with Gasteiger partial charge in [0.2, 0.25) is 0 Å². The van der Waals surface area contributed by atoms with Gasteiger partial charge in [-0.15, -0.1) is 0 Å². The van der Waals surface area contributed by atoms with Gasteiger partial charge >= 0.3 is 0 Å². The minimum atomic E-state index is -0.0926. The molecule has 2 N–H and O–H groups in total. The Morgan fingerprint density at radius 1 is 1.09 bits per heavy atom. The van der Waals surface area contributed by atoms with Crippen molar-refractivity contribution in [2.24, 2.45) is 11.8 Å². The Morgan fingerprint density at radius 3 is 2.75 bits per heavy atom. The summed E-state index contributed by atoms with van der Waals surface area (Å²) in [4.78, 5) is 15.2. The van der Waals surface area contributed by atoms with E-state index in [2.05, 4.69) is 37.3 Å². The number of halogens is 1. The fourth-order valence-corrected chi connectivity index (χ4v) is 6.19. The van der Waals surface area contributed by atoms with Gasteiger partial charge in [0.1, 0.15) is 23.6 Å². The highest BCUT2D eigenvalue weighted by atomic mass is 19.1. The van der Waals surface area contributed by atoms with Crippen LogP contribution in [0.25, 0.3) is 11.0 Å². The Kier molecular flexibility index (Phi) is 4.31. The van der Waals surface area contributed by atoms with Crippen molar-refractivity contribution >= 4 is 16.9 Å². The summed E-state index contributed by atoms with van der Waals surface area (Å²) in [5, 5.41) is 4.79. The molecule has 0 radical (unpaired) electrons. The summed E-state index contributed by atoms with van der Waals surface area (Å²) in [6.07, 6.45) is 5.82. The van der Waals surface area contributed by atoms with Crippen molar-refractivity contribution in [2.45, 2.75) is 43.7 Å². The molecule has 0 bridgehead atoms. The van der Waals surface area contributed by atoms with E-state index in [9.17, 15) is 4.39 Å². The maximum Gasteiger partial charge on any atom is 0.143 e. The maximum atomic E-state index is 14.7. The summed E-state index contributed by atoms with van der Waals surface area (Å²) in [7, 11) is 0. The number of H-pyrrole nitrogens is 1. The Balaban J connectivity index is 1.27. The molecule has 32 heavy (non-hydrogen) atoms. The first-order valence-electron chi connectivity index (χ1n) is 11.9. The maximum absolute atomic E-state index is 14.7. The van der Waals surface area contributed by atoms with Crippen LogP contribution in [0.4, 0.5) is 10.2 Å². The van der Waals surface area contributed by atoms with E-state index < -0.39 is 0 Å². The summed E-state index contributed by atoms with van der Waals surface area (Å²) < 4.78 is 20.4. The van der Waals surface area contributed by atoms with Gasteiger partial charge in [-0.2, -0.15) is 0 Å². The highest BCUT2D eigenvalue weighted by Crippen LogP contribution is 2.43. The minimum absolute atomic E-state index is 0.00781. The van der Waals surface area contributed by atoms with E-state index in [4.69, 9.17) is 4.74 Å². The quantitative estimate of drug-likeness (QED) is 0.651. The predicted molar refractivity (Wildman–Crippen MR) is 120 cm³/mol. The normalized spacial score (nSPS) is 29.9. The molecule has 4 unspecified atom stereocenters. The number of ether oxygens (including phenoxy) is 1. The molecule has 7 rings (SSSR count). The van der Waals surface area contributed by atoms with E-state index in [1.807, 2.05) is 6.07 Å². The minimum Gasteiger partial charge on any atom is -0.381 e. The SMILES string of the molecule is Fc1cccc2c1CCC(N1CC3COCC3C1)C2Nc1ncnc2[nH]c(C3CC3)cc12. The molecule has 3 fully saturated rings. The highest BCUT2D eigenvalue weighted by Gasteiger charge is 2.43. The van der Waals surface area contributed by atoms with Gasteiger partial charge in [-0.05, 0) is 54.9 Å². The Morgan fingerprint density at radius 2 is 1.94 bits per heavy atom. The van der Waals surface area contributed by atoms with Crippen LogP contribution in [0.5, 0.6) is 0 Å². The van der Waals surface area contributed by atoms with Crippen LogP contribution in [0.3, 0.4) is 0 Å². The fraction of sp³-hybridized carbons (Fsp3) is 0.520. The molecule has 4 heterocycles. The molecule has 2 aliphatic heterocycles. The van der Waals surface area contributed by atoms with Crippen LogP contribution in [-0.4, -0.2) is 52.2 Å². The number of aromatic nitrogens is 3. The van der Waals surface area contributed by atoms with Crippen LogP contribution in [0.1, 0.15) is 48.0 Å². The lowest BCUT2D eigenvalue weighted by atomic mass is 9.82. The van der Waals surface area contributed by atoms with Gasteiger partial charge in [-0.3, -0.25) is 4.90 Å². The van der Waals surface area contributed by atoms with Crippen LogP contribution in [-0.2, 0) is 11.2 Å². The molecule has 0 amide bonds. The van der Waals surface area contributed by atoms with Crippen molar-refractivity contribution in [3.63, 3.8) is 0 Å². The first kappa shape index (κ1) is 19.0. The van der Waals surface area contributed by atoms with Crippen LogP contribution < -0.4 is 5.32 Å². The summed E-state index contributed by atoms with van der Waals surface area (Å²) in [6, 6.07) is 8.03. The predicted octanol–water partition coefficient (Wildman–Crippen LogP) is 4.02. The lowest BCUT2D eigenvalue weighted by Gasteiger charge is -2.40. The van der Waals surface area contributed by atoms with Crippen LogP contribution in [0.2, 0.25) is 0 Å². The topological polar surface area (TPSA) is 66.1 Å². The molecule has 6 nitrogen and oxygen atoms in total. The number of nitrogens with zero attached hydrogens (tertiary/aromatic N) is 3. The van der Waals surface area contributed by atoms with Gasteiger partial charge in [-0.1, -0.05) is 12.1 Å². The van der Waals surface area contributed by atoms with Gasteiger partial charge < -0.3 is 15.0 Å². The molecular weight excluding hydrogens is 405 g/mol. The second kappa shape index (κ2) is 7.25. The smallest absolute Gasteiger partial charge is 0.143 e. The van der Waals surface area contributed by atoms with Crippen molar-refractivity contribution in [3.05, 3.63) is 53.2 Å². The molecule has 3 aromatic rings. The Hall–Kier alpha value is -2.51. The van der Waals surface area contributed by atoms with Crippen molar-refractivity contribution in [3.8, 4) is 0 Å². The molecule has 166 valence electrons. The molecule has 2 aromatic heterocycles. The number of benzene rings is 1. The average Bonchev–Trinajstić information content (AvgIpc) is 3.21. The molecule has 4 atom stereocenters. The molecular formula is C25H28FN5O. The third-order valence-corrected chi connectivity index (χ3v) is 8.06. The van der Waals surface area contributed by atoms with Gasteiger partial charge in [0.25, 0.3) is 0 Å². The molecule has 0 spiro atoms. The number of hydrogen-bond donors (Lipinski definition) is 2. The zero-order chi connectivity index (χ0) is 21.2. The summed E-state index contributed by atoms with van der Waals surface area (Å²) in [5.74, 6) is 2.63. The second-order valence-corrected chi connectivity index (χ2v) is 10.0. The third-order valence-electron chi connectivity index (χ3n) is 8.06. The van der Waals surface area contributed by atoms with Gasteiger partial charge in [-0.25, -0.2) is 14.4 Å². The molecule has 1 aromatic carbocycles. The zero-order valence-corrected chi connectivity index (χ0v) is 18.1. The number of anilines is 1. The third kappa shape index (κ3) is 3.05. The summed E-state index contributed by atoms with van der Waals surface area (Å²) in [5.41, 5.74) is 4.05. The fourth-order valence-electron chi connectivity index (χ4n) is 6.19. The number of likely N-dealkylation sites (tertiary alicyclic amines) is 1. The van der Waals surface area contributed by atoms with E-state index in [-0.39, 0.29) is 11.9 Å². The van der Waals surface area contributed by atoms with Crippen molar-refractivity contribution < 1.29 is 9.13 Å². The molecule has 4 aliphatic rings. The van der Waals surface area contributed by atoms with Gasteiger partial charge in [0.15, 0.2) is 0 Å². The van der Waals surface area contributed by atoms with E-state index in [0.717, 1.165) is 67.1 Å². The number of fused-ring (bicyclic) bond motifs is 3. The van der Waals surface area contributed by atoms with Gasteiger partial charge in [0, 0.05) is 36.7 Å². The number of hydrogen-bond acceptors (Lipinski definition) is 5. The average molecular weight is 434 g/mol. The van der Waals surface area contributed by atoms with Crippen LogP contribution in [0, 0.1) is 17.7 Å². The summed E-state index contributed by atoms with van der Waals surface area (Å²) in [6.45, 7) is 3.87. The molecule has 7 heteroatoms. The Labute approximate surface area is 186 Å². The van der Waals surface area contributed by atoms with E-state index >= 15 is 0 Å². The lowest BCUT2D eigenvalue weighted by Crippen LogP contribution is -2.44. The van der Waals surface area contributed by atoms with Crippen molar-refractivity contribution in [1.29, 1.82) is 0 Å². The number of aromatic amines is 1. The van der Waals surface area contributed by atoms with Gasteiger partial charge in [0.05, 0.1) is 24.6 Å². The molecule has 2 aliphatic carbocycles. The van der Waals surface area contributed by atoms with Crippen LogP contribution in [0.15, 0.2) is 30.6 Å². The van der Waals surface area contributed by atoms with E-state index in [1.54, 1.807) is 12.4 Å². The standard InChI is InChI=1S/C25H28FN5O/c26-20-3-1-2-18-17(20)6-7-22(31-9-15-11-32-12-16(15)10-31)23(18)30-25-19-8-21(14-4-5-14)29-24(19)27-13-28-25/h1-3,8,13-16,22-23H,4-7,9-12H2,(H2,27,28,29,30). The lowest BCUT2D eigenvalue weighted by molar-refractivity contribution is 0.127. The van der Waals surface area contributed by atoms with Crippen molar-refractivity contribution in [1.82, 2.24) is 19.9 Å². The van der Waals surface area contributed by atoms with Crippen molar-refractivity contribution in [2.75, 3.05) is 31.6 Å². The Bertz CT molecular complexity index is 1160. The van der Waals surface area contributed by atoms with E-state index in [1.165, 1.54) is 18.5 Å². The molecule has 1 saturated carbocycles. The number of nitrogens with one attached hydrogen (secondary N) is 2. The summed E-state index contributed by atoms with van der Waals surface area (Å²) >= 11 is 0.